The molecule has 0 saturated heterocycles. The fraction of sp³-hybridized carbons (Fsp3) is 0.731. The van der Waals surface area contributed by atoms with E-state index < -0.39 is 32.3 Å². The Morgan fingerprint density at radius 2 is 0.603 bits per heavy atom. The number of rotatable bonds is 30. The number of unbranched alkanes of at least 4 members (excludes halogenated alkanes) is 20. The van der Waals surface area contributed by atoms with E-state index in [4.69, 9.17) is 0 Å². The minimum absolute atomic E-state index is 1.35. The smallest absolute Gasteiger partial charge is 0.120 e. The fourth-order valence-electron chi connectivity index (χ4n) is 10.8. The Labute approximate surface area is 372 Å². The molecule has 0 radical (unpaired) electrons. The van der Waals surface area contributed by atoms with Crippen LogP contribution in [0.4, 0.5) is 0 Å². The summed E-state index contributed by atoms with van der Waals surface area (Å²) in [6.45, 7) is 25.2. The van der Waals surface area contributed by atoms with Gasteiger partial charge in [0.25, 0.3) is 0 Å². The van der Waals surface area contributed by atoms with Crippen LogP contribution in [0.2, 0.25) is 63.5 Å². The zero-order chi connectivity index (χ0) is 41.8. The predicted molar refractivity (Wildman–Crippen MR) is 282 cm³/mol. The first-order valence-electron chi connectivity index (χ1n) is 25.4. The van der Waals surface area contributed by atoms with Gasteiger partial charge in [-0.1, -0.05) is 245 Å². The molecule has 0 unspecified atom stereocenters. The van der Waals surface area contributed by atoms with Gasteiger partial charge in [-0.25, -0.2) is 0 Å². The first-order valence-corrected chi connectivity index (χ1v) is 38.8. The van der Waals surface area contributed by atoms with Crippen molar-refractivity contribution in [2.24, 2.45) is 0 Å². The fourth-order valence-corrected chi connectivity index (χ4v) is 29.8. The van der Waals surface area contributed by atoms with Crippen LogP contribution in [0.3, 0.4) is 0 Å². The molecule has 0 saturated carbocycles. The van der Waals surface area contributed by atoms with E-state index in [-0.39, 0.29) is 0 Å². The van der Waals surface area contributed by atoms with Crippen LogP contribution >= 0.6 is 22.7 Å². The van der Waals surface area contributed by atoms with Gasteiger partial charge in [0.15, 0.2) is 0 Å². The van der Waals surface area contributed by atoms with Crippen LogP contribution in [0, 0.1) is 0 Å². The van der Waals surface area contributed by atoms with Gasteiger partial charge in [0.1, 0.15) is 16.1 Å². The van der Waals surface area contributed by atoms with Gasteiger partial charge in [0.2, 0.25) is 0 Å². The zero-order valence-electron chi connectivity index (χ0n) is 39.9. The normalized spacial score (nSPS) is 15.2. The maximum atomic E-state index is 2.99. The molecule has 6 heteroatoms. The monoisotopic (exact) mass is 891 g/mol. The standard InChI is InChI=1S/C52H90S2Si4/c1-11-15-19-23-27-31-35-57(36-32-28-24-20-16-12-2)45-39-44-46(40-43(45)51-47(57)41-49(53-51)55(5,6)7)58(37-33-29-25-21-17-13-3,38-34-30-26-22-18-14-4)48-42-50(54-52(44)48)56(8,9)10/h39-42H,11-38H2,1-10H3. The lowest BCUT2D eigenvalue weighted by molar-refractivity contribution is 0.616. The molecule has 0 amide bonds. The van der Waals surface area contributed by atoms with E-state index in [2.05, 4.69) is 114 Å². The van der Waals surface area contributed by atoms with E-state index in [1.807, 2.05) is 20.7 Å². The average molecular weight is 892 g/mol. The van der Waals surface area contributed by atoms with Crippen LogP contribution in [0.15, 0.2) is 24.3 Å². The summed E-state index contributed by atoms with van der Waals surface area (Å²) >= 11 is 4.58. The summed E-state index contributed by atoms with van der Waals surface area (Å²) in [7, 11) is -6.75. The summed E-state index contributed by atoms with van der Waals surface area (Å²) in [6.07, 6.45) is 34.0. The van der Waals surface area contributed by atoms with E-state index in [0.717, 1.165) is 0 Å². The Kier molecular flexibility index (Phi) is 19.0. The van der Waals surface area contributed by atoms with Crippen molar-refractivity contribution in [3.8, 4) is 20.9 Å². The van der Waals surface area contributed by atoms with Gasteiger partial charge in [0.05, 0.1) is 16.1 Å². The van der Waals surface area contributed by atoms with Gasteiger partial charge in [0, 0.05) is 9.75 Å². The molecule has 2 aliphatic rings. The quantitative estimate of drug-likeness (QED) is 0.0462. The minimum Gasteiger partial charge on any atom is -0.145 e. The number of hydrogen-bond acceptors (Lipinski definition) is 2. The van der Waals surface area contributed by atoms with Crippen molar-refractivity contribution in [2.45, 2.75) is 245 Å². The van der Waals surface area contributed by atoms with Gasteiger partial charge in [-0.2, -0.15) is 0 Å². The van der Waals surface area contributed by atoms with Crippen molar-refractivity contribution in [3.05, 3.63) is 24.3 Å². The van der Waals surface area contributed by atoms with E-state index in [9.17, 15) is 0 Å². The maximum Gasteiger partial charge on any atom is 0.120 e. The molecule has 0 nitrogen and oxygen atoms in total. The van der Waals surface area contributed by atoms with Crippen molar-refractivity contribution in [1.29, 1.82) is 0 Å². The summed E-state index contributed by atoms with van der Waals surface area (Å²) < 4.78 is 3.57. The number of benzene rings is 1. The Balaban J connectivity index is 1.66. The molecule has 2 aromatic heterocycles. The van der Waals surface area contributed by atoms with Crippen LogP contribution in [0.5, 0.6) is 0 Å². The van der Waals surface area contributed by atoms with Gasteiger partial charge in [-0.15, -0.1) is 22.7 Å². The van der Waals surface area contributed by atoms with Crippen LogP contribution in [0.25, 0.3) is 20.9 Å². The van der Waals surface area contributed by atoms with Crippen LogP contribution < -0.4 is 29.7 Å². The minimum atomic E-state index is -1.94. The first kappa shape index (κ1) is 48.5. The molecule has 0 spiro atoms. The van der Waals surface area contributed by atoms with Gasteiger partial charge in [-0.05, 0) is 65.1 Å². The van der Waals surface area contributed by atoms with E-state index in [1.165, 1.54) is 178 Å². The molecule has 0 aliphatic carbocycles. The third-order valence-corrected chi connectivity index (χ3v) is 34.9. The number of hydrogen-bond donors (Lipinski definition) is 0. The second-order valence-corrected chi connectivity index (χ2v) is 42.8. The SMILES string of the molecule is CCCCCCCC[Si]1(CCCCCCCC)c2cc3c(cc2-c2sc([Si](C)(C)C)cc21)[Si](CCCCCCCC)(CCCCCCCC)c1cc([Si](C)(C)C)sc1-3. The molecular weight excluding hydrogens is 801 g/mol. The lowest BCUT2D eigenvalue weighted by Crippen LogP contribution is -2.57. The van der Waals surface area contributed by atoms with Crippen LogP contribution in [0.1, 0.15) is 182 Å². The average Bonchev–Trinajstić information content (AvgIpc) is 3.94. The lowest BCUT2D eigenvalue weighted by atomic mass is 10.1. The molecule has 58 heavy (non-hydrogen) atoms. The molecule has 0 N–H and O–H groups in total. The molecule has 4 heterocycles. The highest BCUT2D eigenvalue weighted by molar-refractivity contribution is 7.33. The molecule has 5 rings (SSSR count). The molecule has 2 aliphatic heterocycles. The third kappa shape index (κ3) is 11.5. The summed E-state index contributed by atoms with van der Waals surface area (Å²) in [4.78, 5) is 3.55. The van der Waals surface area contributed by atoms with Crippen molar-refractivity contribution in [2.75, 3.05) is 0 Å². The van der Waals surface area contributed by atoms with Gasteiger partial charge in [-0.3, -0.25) is 0 Å². The van der Waals surface area contributed by atoms with E-state index in [1.54, 1.807) is 29.9 Å². The highest BCUT2D eigenvalue weighted by Crippen LogP contribution is 2.44. The maximum absolute atomic E-state index is 2.99. The highest BCUT2D eigenvalue weighted by atomic mass is 32.1. The van der Waals surface area contributed by atoms with Gasteiger partial charge < -0.3 is 0 Å². The first-order chi connectivity index (χ1) is 27.9. The Morgan fingerprint density at radius 3 is 0.862 bits per heavy atom. The molecule has 0 atom stereocenters. The lowest BCUT2D eigenvalue weighted by Gasteiger charge is -2.32. The zero-order valence-corrected chi connectivity index (χ0v) is 45.6. The number of fused-ring (bicyclic) bond motifs is 6. The summed E-state index contributed by atoms with van der Waals surface area (Å²) in [5, 5.41) is 7.66. The van der Waals surface area contributed by atoms with Crippen LogP contribution in [-0.2, 0) is 0 Å². The molecule has 3 aromatic rings. The molecule has 1 aromatic carbocycles. The largest absolute Gasteiger partial charge is 0.145 e. The number of thiophene rings is 2. The van der Waals surface area contributed by atoms with E-state index >= 15 is 0 Å². The summed E-state index contributed by atoms with van der Waals surface area (Å²) in [5.74, 6) is 0. The Hall–Kier alpha value is -0.512. The molecule has 0 fully saturated rings. The summed E-state index contributed by atoms with van der Waals surface area (Å²) in [6, 6.07) is 17.7. The second-order valence-electron chi connectivity index (χ2n) is 21.4. The van der Waals surface area contributed by atoms with Crippen molar-refractivity contribution in [3.63, 3.8) is 0 Å². The van der Waals surface area contributed by atoms with Crippen molar-refractivity contribution >= 4 is 84.7 Å². The van der Waals surface area contributed by atoms with Crippen LogP contribution in [-0.4, -0.2) is 32.3 Å². The molecule has 0 bridgehead atoms. The third-order valence-electron chi connectivity index (χ3n) is 14.5. The van der Waals surface area contributed by atoms with Gasteiger partial charge >= 0.3 is 0 Å². The highest BCUT2D eigenvalue weighted by Gasteiger charge is 2.51. The van der Waals surface area contributed by atoms with Crippen molar-refractivity contribution in [1.82, 2.24) is 0 Å². The Morgan fingerprint density at radius 1 is 0.345 bits per heavy atom. The Bertz CT molecular complexity index is 1530. The predicted octanol–water partition coefficient (Wildman–Crippen LogP) is 15.4. The molecule has 326 valence electrons. The topological polar surface area (TPSA) is 0 Å². The van der Waals surface area contributed by atoms with E-state index in [0.29, 0.717) is 0 Å². The second kappa shape index (κ2) is 22.7. The van der Waals surface area contributed by atoms with Crippen molar-refractivity contribution < 1.29 is 0 Å². The molecular formula is C52H90S2Si4. The summed E-state index contributed by atoms with van der Waals surface area (Å²) in [5.41, 5.74) is 3.55.